The molecule has 5 atom stereocenters. The van der Waals surface area contributed by atoms with Crippen molar-refractivity contribution in [2.45, 2.75) is 83.8 Å². The van der Waals surface area contributed by atoms with Crippen LogP contribution in [0.4, 0.5) is 9.59 Å². The number of aromatic nitrogens is 4. The fraction of sp³-hybridized carbons (Fsp3) is 0.475. The van der Waals surface area contributed by atoms with E-state index in [4.69, 9.17) is 9.72 Å². The standard InChI is InChI=1S/C40H52N8O6.2ClH/c1-23(2)33(45-39(51)54-6)37(49)47-19-7-9-31(47)35-41-21-29(43-35)27-15-11-25(12-16-27)26-13-17-28(18-14-26)30-22-42-36(44-30)32-10-8-20-48(32)38(50)34(24(3)4)46(5)40(52)53;;/h11-18,21-24,31-34,37,49H,7-10,19-20H2,1-6H3,(H,41,43)(H,42,44)(H,45,51)(H,52,53);2*1H/t31-,32-,33-,34-,37?;;/m0../s1. The van der Waals surface area contributed by atoms with Crippen LogP contribution < -0.4 is 5.32 Å². The van der Waals surface area contributed by atoms with E-state index < -0.39 is 30.5 Å². The summed E-state index contributed by atoms with van der Waals surface area (Å²) >= 11 is 0. The molecule has 6 rings (SSSR count). The third-order valence-corrected chi connectivity index (χ3v) is 10.8. The van der Waals surface area contributed by atoms with E-state index in [0.29, 0.717) is 18.9 Å². The summed E-state index contributed by atoms with van der Waals surface area (Å²) in [5.41, 5.74) is 5.80. The molecule has 1 unspecified atom stereocenters. The Hall–Kier alpha value is -4.63. The number of halogens is 2. The highest BCUT2D eigenvalue weighted by Crippen LogP contribution is 2.36. The number of likely N-dealkylation sites (tertiary alicyclic amines) is 2. The van der Waals surface area contributed by atoms with Gasteiger partial charge in [0.15, 0.2) is 0 Å². The zero-order valence-corrected chi connectivity index (χ0v) is 34.3. The molecule has 5 N–H and O–H groups in total. The molecule has 4 heterocycles. The Kier molecular flexibility index (Phi) is 15.0. The van der Waals surface area contributed by atoms with Crippen molar-refractivity contribution in [1.82, 2.24) is 40.0 Å². The summed E-state index contributed by atoms with van der Waals surface area (Å²) in [6.07, 6.45) is 4.35. The molecule has 2 fully saturated rings. The largest absolute Gasteiger partial charge is 0.465 e. The van der Waals surface area contributed by atoms with Crippen LogP contribution in [-0.2, 0) is 9.53 Å². The first-order valence-corrected chi connectivity index (χ1v) is 18.7. The molecule has 0 radical (unpaired) electrons. The van der Waals surface area contributed by atoms with Crippen molar-refractivity contribution in [3.8, 4) is 33.6 Å². The van der Waals surface area contributed by atoms with Gasteiger partial charge in [-0.3, -0.25) is 14.6 Å². The van der Waals surface area contributed by atoms with Crippen LogP contribution in [0.3, 0.4) is 0 Å². The van der Waals surface area contributed by atoms with E-state index in [1.807, 2.05) is 50.9 Å². The number of likely N-dealkylation sites (N-methyl/N-ethyl adjacent to an activating group) is 1. The van der Waals surface area contributed by atoms with Gasteiger partial charge >= 0.3 is 12.2 Å². The van der Waals surface area contributed by atoms with Crippen molar-refractivity contribution in [2.75, 3.05) is 27.2 Å². The van der Waals surface area contributed by atoms with Gasteiger partial charge in [0, 0.05) is 20.1 Å². The molecule has 0 saturated carbocycles. The lowest BCUT2D eigenvalue weighted by Gasteiger charge is -2.35. The Labute approximate surface area is 340 Å². The lowest BCUT2D eigenvalue weighted by molar-refractivity contribution is -0.138. The van der Waals surface area contributed by atoms with Gasteiger partial charge in [-0.2, -0.15) is 0 Å². The van der Waals surface area contributed by atoms with Crippen LogP contribution in [0, 0.1) is 11.8 Å². The van der Waals surface area contributed by atoms with Gasteiger partial charge < -0.3 is 35.1 Å². The molecule has 0 aliphatic carbocycles. The minimum absolute atomic E-state index is 0. The summed E-state index contributed by atoms with van der Waals surface area (Å²) in [6, 6.07) is 14.9. The first-order valence-electron chi connectivity index (χ1n) is 18.7. The molecule has 4 aromatic rings. The number of ether oxygens (including phenoxy) is 1. The number of benzene rings is 2. The number of H-pyrrole nitrogens is 2. The maximum absolute atomic E-state index is 13.6. The smallest absolute Gasteiger partial charge is 0.407 e. The number of nitrogens with one attached hydrogen (secondary N) is 3. The number of amides is 3. The van der Waals surface area contributed by atoms with Crippen LogP contribution in [-0.4, -0.2) is 109 Å². The van der Waals surface area contributed by atoms with Crippen LogP contribution in [0.25, 0.3) is 33.6 Å². The number of rotatable bonds is 12. The van der Waals surface area contributed by atoms with Gasteiger partial charge in [0.25, 0.3) is 0 Å². The molecule has 0 spiro atoms. The van der Waals surface area contributed by atoms with E-state index in [2.05, 4.69) is 56.7 Å². The third-order valence-electron chi connectivity index (χ3n) is 10.8. The number of carbonyl (C=O) groups is 3. The van der Waals surface area contributed by atoms with E-state index in [0.717, 1.165) is 70.0 Å². The Morgan fingerprint density at radius 1 is 0.804 bits per heavy atom. The molecule has 56 heavy (non-hydrogen) atoms. The molecule has 2 aromatic heterocycles. The summed E-state index contributed by atoms with van der Waals surface area (Å²) in [6.45, 7) is 8.89. The minimum Gasteiger partial charge on any atom is -0.465 e. The summed E-state index contributed by atoms with van der Waals surface area (Å²) < 4.78 is 4.79. The topological polar surface area (TPSA) is 180 Å². The van der Waals surface area contributed by atoms with Crippen molar-refractivity contribution in [2.24, 2.45) is 11.8 Å². The lowest BCUT2D eigenvalue weighted by atomic mass is 10.0. The van der Waals surface area contributed by atoms with Crippen molar-refractivity contribution < 1.29 is 29.3 Å². The monoisotopic (exact) mass is 812 g/mol. The zero-order valence-electron chi connectivity index (χ0n) is 32.6. The van der Waals surface area contributed by atoms with Crippen LogP contribution in [0.2, 0.25) is 0 Å². The number of alkyl carbamates (subject to hydrolysis) is 1. The average molecular weight is 814 g/mol. The summed E-state index contributed by atoms with van der Waals surface area (Å²) in [4.78, 5) is 58.4. The molecular weight excluding hydrogens is 759 g/mol. The molecule has 3 amide bonds. The van der Waals surface area contributed by atoms with Gasteiger partial charge in [0.2, 0.25) is 5.91 Å². The predicted molar refractivity (Wildman–Crippen MR) is 218 cm³/mol. The van der Waals surface area contributed by atoms with E-state index >= 15 is 0 Å². The number of carboxylic acid groups (broad SMARTS) is 1. The molecule has 2 aromatic carbocycles. The van der Waals surface area contributed by atoms with Crippen LogP contribution in [0.15, 0.2) is 60.9 Å². The summed E-state index contributed by atoms with van der Waals surface area (Å²) in [5, 5.41) is 23.7. The van der Waals surface area contributed by atoms with E-state index in [-0.39, 0.29) is 54.6 Å². The average Bonchev–Trinajstić information content (AvgIpc) is 4.00. The second-order valence-corrected chi connectivity index (χ2v) is 15.0. The first kappa shape index (κ1) is 44.1. The molecule has 14 nitrogen and oxygen atoms in total. The second-order valence-electron chi connectivity index (χ2n) is 15.0. The number of aliphatic hydroxyl groups is 1. The number of aliphatic hydroxyl groups excluding tert-OH is 1. The Bertz CT molecular complexity index is 1920. The number of hydrogen-bond acceptors (Lipinski definition) is 8. The quantitative estimate of drug-likeness (QED) is 0.0997. The predicted octanol–water partition coefficient (Wildman–Crippen LogP) is 7.11. The minimum atomic E-state index is -1.12. The molecule has 2 saturated heterocycles. The Morgan fingerprint density at radius 2 is 1.29 bits per heavy atom. The Balaban J connectivity index is 0.00000348. The SMILES string of the molecule is COC(=O)N[C@@H](C(C)C)C(O)N1CCC[C@H]1c1ncc(-c2ccc(-c3ccc(-c4cnc([C@@H]5CCCN5C(=O)[C@H](C(C)C)N(C)C(=O)O)[nH]4)cc3)cc2)[nH]1.Cl.Cl. The highest BCUT2D eigenvalue weighted by Gasteiger charge is 2.40. The van der Waals surface area contributed by atoms with Crippen molar-refractivity contribution in [3.63, 3.8) is 0 Å². The molecule has 2 aliphatic heterocycles. The molecule has 0 bridgehead atoms. The second kappa shape index (κ2) is 19.0. The number of nitrogens with zero attached hydrogens (tertiary/aromatic N) is 5. The van der Waals surface area contributed by atoms with Gasteiger partial charge in [-0.15, -0.1) is 24.8 Å². The van der Waals surface area contributed by atoms with Crippen molar-refractivity contribution >= 4 is 42.9 Å². The Morgan fingerprint density at radius 3 is 1.77 bits per heavy atom. The lowest BCUT2D eigenvalue weighted by Crippen LogP contribution is -2.54. The molecular formula is C40H54Cl2N8O6. The normalized spacial score (nSPS) is 18.6. The van der Waals surface area contributed by atoms with Crippen molar-refractivity contribution in [3.05, 3.63) is 72.6 Å². The number of hydrogen-bond donors (Lipinski definition) is 5. The number of carbonyl (C=O) groups excluding carboxylic acids is 2. The molecule has 16 heteroatoms. The maximum atomic E-state index is 13.6. The number of imidazole rings is 2. The van der Waals surface area contributed by atoms with Gasteiger partial charge in [0.05, 0.1) is 49.0 Å². The van der Waals surface area contributed by atoms with Crippen molar-refractivity contribution in [1.29, 1.82) is 0 Å². The van der Waals surface area contributed by atoms with Gasteiger partial charge in [-0.05, 0) is 59.8 Å². The fourth-order valence-corrected chi connectivity index (χ4v) is 7.88. The van der Waals surface area contributed by atoms with Crippen LogP contribution >= 0.6 is 24.8 Å². The molecule has 2 aliphatic rings. The fourth-order valence-electron chi connectivity index (χ4n) is 7.88. The van der Waals surface area contributed by atoms with Gasteiger partial charge in [0.1, 0.15) is 23.9 Å². The summed E-state index contributed by atoms with van der Waals surface area (Å²) in [7, 11) is 2.76. The first-order chi connectivity index (χ1) is 25.9. The maximum Gasteiger partial charge on any atom is 0.407 e. The third kappa shape index (κ3) is 9.31. The zero-order chi connectivity index (χ0) is 38.7. The van der Waals surface area contributed by atoms with E-state index in [9.17, 15) is 24.6 Å². The number of aromatic amines is 2. The van der Waals surface area contributed by atoms with Gasteiger partial charge in [-0.25, -0.2) is 19.6 Å². The van der Waals surface area contributed by atoms with Crippen LogP contribution in [0.1, 0.15) is 77.1 Å². The molecule has 304 valence electrons. The van der Waals surface area contributed by atoms with Gasteiger partial charge in [-0.1, -0.05) is 76.2 Å². The van der Waals surface area contributed by atoms with Crippen LogP contribution in [0.5, 0.6) is 0 Å². The van der Waals surface area contributed by atoms with E-state index in [1.165, 1.54) is 14.2 Å². The summed E-state index contributed by atoms with van der Waals surface area (Å²) in [5.74, 6) is 1.11. The highest BCUT2D eigenvalue weighted by atomic mass is 35.5. The highest BCUT2D eigenvalue weighted by molar-refractivity contribution is 5.86. The van der Waals surface area contributed by atoms with E-state index in [1.54, 1.807) is 11.1 Å². The number of methoxy groups -OCH3 is 1.